The van der Waals surface area contributed by atoms with Crippen LogP contribution >= 0.6 is 39.7 Å². The van der Waals surface area contributed by atoms with Crippen molar-refractivity contribution >= 4 is 56.3 Å². The van der Waals surface area contributed by atoms with Gasteiger partial charge >= 0.3 is 0 Å². The number of carbonyl (C=O) groups excluding carboxylic acids is 1. The number of benzene rings is 2. The summed E-state index contributed by atoms with van der Waals surface area (Å²) in [5.74, 6) is -0.619. The molecular formula is C14H10BrClN2O2S. The molecular weight excluding hydrogens is 376 g/mol. The van der Waals surface area contributed by atoms with Crippen LogP contribution in [0.3, 0.4) is 0 Å². The molecule has 108 valence electrons. The van der Waals surface area contributed by atoms with Gasteiger partial charge in [-0.1, -0.05) is 23.8 Å². The van der Waals surface area contributed by atoms with E-state index in [1.54, 1.807) is 18.2 Å². The van der Waals surface area contributed by atoms with Crippen molar-refractivity contribution in [3.05, 3.63) is 57.0 Å². The summed E-state index contributed by atoms with van der Waals surface area (Å²) in [6, 6.07) is 9.32. The van der Waals surface area contributed by atoms with Gasteiger partial charge in [0, 0.05) is 15.1 Å². The Balaban J connectivity index is 2.27. The molecule has 0 saturated carbocycles. The molecule has 0 aromatic heterocycles. The summed E-state index contributed by atoms with van der Waals surface area (Å²) in [5.41, 5.74) is 6.84. The van der Waals surface area contributed by atoms with Gasteiger partial charge < -0.3 is 16.2 Å². The van der Waals surface area contributed by atoms with Crippen LogP contribution in [0.2, 0.25) is 5.02 Å². The molecule has 0 aliphatic carbocycles. The highest BCUT2D eigenvalue weighted by molar-refractivity contribution is 9.10. The normalized spacial score (nSPS) is 10.2. The van der Waals surface area contributed by atoms with Crippen LogP contribution in [0.1, 0.15) is 15.9 Å². The van der Waals surface area contributed by atoms with E-state index in [-0.39, 0.29) is 16.3 Å². The number of rotatable bonds is 3. The van der Waals surface area contributed by atoms with E-state index in [1.165, 1.54) is 18.2 Å². The summed E-state index contributed by atoms with van der Waals surface area (Å²) in [6.07, 6.45) is 0. The zero-order valence-corrected chi connectivity index (χ0v) is 13.7. The number of nitrogens with one attached hydrogen (secondary N) is 1. The molecule has 0 spiro atoms. The molecule has 0 heterocycles. The summed E-state index contributed by atoms with van der Waals surface area (Å²) in [4.78, 5) is 12.4. The van der Waals surface area contributed by atoms with Crippen LogP contribution in [-0.2, 0) is 0 Å². The second kappa shape index (κ2) is 6.43. The zero-order valence-electron chi connectivity index (χ0n) is 10.6. The Hall–Kier alpha value is -1.63. The molecule has 1 amide bonds. The molecule has 4 nitrogen and oxygen atoms in total. The Kier molecular flexibility index (Phi) is 4.82. The molecule has 0 atom stereocenters. The summed E-state index contributed by atoms with van der Waals surface area (Å²) in [5, 5.41) is 12.7. The minimum absolute atomic E-state index is 0.0906. The molecule has 2 rings (SSSR count). The van der Waals surface area contributed by atoms with E-state index in [1.807, 2.05) is 0 Å². The van der Waals surface area contributed by atoms with Crippen molar-refractivity contribution in [3.63, 3.8) is 0 Å². The largest absolute Gasteiger partial charge is 0.507 e. The molecule has 2 aromatic carbocycles. The van der Waals surface area contributed by atoms with Gasteiger partial charge in [-0.2, -0.15) is 0 Å². The monoisotopic (exact) mass is 384 g/mol. The Labute approximate surface area is 140 Å². The molecule has 0 unspecified atom stereocenters. The maximum Gasteiger partial charge on any atom is 0.259 e. The predicted octanol–water partition coefficient (Wildman–Crippen LogP) is 3.69. The van der Waals surface area contributed by atoms with Gasteiger partial charge in [0.25, 0.3) is 5.91 Å². The third-order valence-corrected chi connectivity index (χ3v) is 3.83. The van der Waals surface area contributed by atoms with Gasteiger partial charge in [-0.05, 0) is 52.3 Å². The second-order valence-electron chi connectivity index (χ2n) is 4.17. The lowest BCUT2D eigenvalue weighted by molar-refractivity contribution is 0.102. The molecule has 0 aliphatic rings. The van der Waals surface area contributed by atoms with E-state index < -0.39 is 5.91 Å². The maximum atomic E-state index is 12.2. The molecule has 0 aliphatic heterocycles. The van der Waals surface area contributed by atoms with Gasteiger partial charge in [-0.25, -0.2) is 0 Å². The zero-order chi connectivity index (χ0) is 15.6. The fourth-order valence-electron chi connectivity index (χ4n) is 1.65. The number of nitrogens with two attached hydrogens (primary N) is 1. The summed E-state index contributed by atoms with van der Waals surface area (Å²) in [7, 11) is 0. The van der Waals surface area contributed by atoms with E-state index in [9.17, 15) is 9.90 Å². The van der Waals surface area contributed by atoms with Crippen molar-refractivity contribution in [1.29, 1.82) is 0 Å². The van der Waals surface area contributed by atoms with Crippen molar-refractivity contribution in [3.8, 4) is 5.75 Å². The summed E-state index contributed by atoms with van der Waals surface area (Å²) >= 11 is 14.0. The third kappa shape index (κ3) is 3.72. The van der Waals surface area contributed by atoms with Crippen molar-refractivity contribution in [1.82, 2.24) is 0 Å². The lowest BCUT2D eigenvalue weighted by Crippen LogP contribution is -2.14. The van der Waals surface area contributed by atoms with E-state index in [4.69, 9.17) is 29.6 Å². The molecule has 21 heavy (non-hydrogen) atoms. The van der Waals surface area contributed by atoms with Crippen LogP contribution in [0.25, 0.3) is 0 Å². The van der Waals surface area contributed by atoms with E-state index >= 15 is 0 Å². The molecule has 4 N–H and O–H groups in total. The van der Waals surface area contributed by atoms with Crippen molar-refractivity contribution in [2.45, 2.75) is 0 Å². The number of aromatic hydroxyl groups is 1. The van der Waals surface area contributed by atoms with E-state index in [0.717, 1.165) is 0 Å². The minimum Gasteiger partial charge on any atom is -0.507 e. The Morgan fingerprint density at radius 3 is 2.62 bits per heavy atom. The number of phenolic OH excluding ortho intramolecular Hbond substituents is 1. The number of carbonyl (C=O) groups is 1. The fraction of sp³-hybridized carbons (Fsp3) is 0. The van der Waals surface area contributed by atoms with Gasteiger partial charge in [-0.3, -0.25) is 4.79 Å². The lowest BCUT2D eigenvalue weighted by Gasteiger charge is -2.10. The third-order valence-electron chi connectivity index (χ3n) is 2.71. The summed E-state index contributed by atoms with van der Waals surface area (Å²) in [6.45, 7) is 0. The molecule has 0 radical (unpaired) electrons. The minimum atomic E-state index is -0.473. The van der Waals surface area contributed by atoms with Gasteiger partial charge in [0.05, 0.1) is 11.3 Å². The molecule has 0 fully saturated rings. The first-order chi connectivity index (χ1) is 9.88. The van der Waals surface area contributed by atoms with Gasteiger partial charge in [-0.15, -0.1) is 0 Å². The highest BCUT2D eigenvalue weighted by Crippen LogP contribution is 2.26. The van der Waals surface area contributed by atoms with Gasteiger partial charge in [0.15, 0.2) is 0 Å². The predicted molar refractivity (Wildman–Crippen MR) is 91.1 cm³/mol. The summed E-state index contributed by atoms with van der Waals surface area (Å²) < 4.78 is 0.627. The Bertz CT molecular complexity index is 737. The van der Waals surface area contributed by atoms with Crippen LogP contribution in [-0.4, -0.2) is 16.0 Å². The average Bonchev–Trinajstić information content (AvgIpc) is 2.43. The standard InChI is InChI=1S/C14H10BrClN2O2S/c15-10-5-7(13(17)21)1-3-11(10)18-14(20)9-6-8(16)2-4-12(9)19/h1-6,19H,(H2,17,21)(H,18,20). The van der Waals surface area contributed by atoms with Crippen molar-refractivity contribution in [2.24, 2.45) is 5.73 Å². The average molecular weight is 386 g/mol. The number of phenols is 1. The number of halogens is 2. The smallest absolute Gasteiger partial charge is 0.259 e. The topological polar surface area (TPSA) is 75.3 Å². The molecule has 2 aromatic rings. The first-order valence-corrected chi connectivity index (χ1v) is 7.35. The lowest BCUT2D eigenvalue weighted by atomic mass is 10.1. The first kappa shape index (κ1) is 15.8. The molecule has 7 heteroatoms. The number of hydrogen-bond acceptors (Lipinski definition) is 3. The quantitative estimate of drug-likeness (QED) is 0.704. The van der Waals surface area contributed by atoms with Gasteiger partial charge in [0.2, 0.25) is 0 Å². The van der Waals surface area contributed by atoms with Crippen molar-refractivity contribution in [2.75, 3.05) is 5.32 Å². The Morgan fingerprint density at radius 2 is 2.00 bits per heavy atom. The van der Waals surface area contributed by atoms with Crippen LogP contribution < -0.4 is 11.1 Å². The van der Waals surface area contributed by atoms with E-state index in [0.29, 0.717) is 20.7 Å². The fourth-order valence-corrected chi connectivity index (χ4v) is 2.43. The van der Waals surface area contributed by atoms with Crippen LogP contribution in [0.15, 0.2) is 40.9 Å². The van der Waals surface area contributed by atoms with Crippen LogP contribution in [0.4, 0.5) is 5.69 Å². The Morgan fingerprint density at radius 1 is 1.29 bits per heavy atom. The molecule has 0 bridgehead atoms. The highest BCUT2D eigenvalue weighted by atomic mass is 79.9. The number of hydrogen-bond donors (Lipinski definition) is 3. The number of anilines is 1. The SMILES string of the molecule is NC(=S)c1ccc(NC(=O)c2cc(Cl)ccc2O)c(Br)c1. The first-order valence-electron chi connectivity index (χ1n) is 5.77. The van der Waals surface area contributed by atoms with Gasteiger partial charge in [0.1, 0.15) is 10.7 Å². The highest BCUT2D eigenvalue weighted by Gasteiger charge is 2.13. The van der Waals surface area contributed by atoms with Crippen molar-refractivity contribution < 1.29 is 9.90 Å². The maximum absolute atomic E-state index is 12.2. The number of thiocarbonyl (C=S) groups is 1. The second-order valence-corrected chi connectivity index (χ2v) is 5.91. The van der Waals surface area contributed by atoms with Crippen LogP contribution in [0.5, 0.6) is 5.75 Å². The number of amides is 1. The van der Waals surface area contributed by atoms with E-state index in [2.05, 4.69) is 21.2 Å². The van der Waals surface area contributed by atoms with Crippen LogP contribution in [0, 0.1) is 0 Å². The molecule has 0 saturated heterocycles.